The first-order valence-electron chi connectivity index (χ1n) is 13.2. The zero-order valence-electron chi connectivity index (χ0n) is 21.2. The average molecular weight is 471 g/mol. The van der Waals surface area contributed by atoms with Crippen molar-refractivity contribution in [2.24, 2.45) is 17.8 Å². The average Bonchev–Trinajstić information content (AvgIpc) is 2.84. The number of anilines is 1. The fourth-order valence-corrected chi connectivity index (χ4v) is 5.88. The second-order valence-corrected chi connectivity index (χ2v) is 11.4. The smallest absolute Gasteiger partial charge is 0.410 e. The van der Waals surface area contributed by atoms with Crippen molar-refractivity contribution < 1.29 is 14.3 Å². The number of carbonyl (C=O) groups is 2. The van der Waals surface area contributed by atoms with Gasteiger partial charge in [-0.15, -0.1) is 0 Å². The second-order valence-electron chi connectivity index (χ2n) is 11.4. The quantitative estimate of drug-likeness (QED) is 0.592. The molecule has 3 saturated heterocycles. The SMILES string of the molecule is CC(C)(C)OC(=O)N1CCC(CN2CCC(C3CCN(c4ccc(C=O)nc4)CC3)CC2)CC1. The molecule has 188 valence electrons. The van der Waals surface area contributed by atoms with Crippen molar-refractivity contribution in [3.63, 3.8) is 0 Å². The molecule has 4 heterocycles. The molecule has 0 aliphatic carbocycles. The van der Waals surface area contributed by atoms with E-state index in [-0.39, 0.29) is 6.09 Å². The van der Waals surface area contributed by atoms with Gasteiger partial charge in [-0.3, -0.25) is 9.78 Å². The number of amides is 1. The zero-order chi connectivity index (χ0) is 24.1. The number of likely N-dealkylation sites (tertiary alicyclic amines) is 2. The molecule has 0 unspecified atom stereocenters. The Morgan fingerprint density at radius 3 is 2.12 bits per heavy atom. The van der Waals surface area contributed by atoms with Gasteiger partial charge in [0, 0.05) is 32.7 Å². The molecule has 0 aromatic carbocycles. The third kappa shape index (κ3) is 6.71. The number of aldehydes is 1. The number of piperidine rings is 3. The van der Waals surface area contributed by atoms with Crippen LogP contribution in [0.5, 0.6) is 0 Å². The lowest BCUT2D eigenvalue weighted by atomic mass is 9.78. The standard InChI is InChI=1S/C27H42N4O3/c1-27(2,3)34-26(33)31-14-6-21(7-15-31)19-29-12-8-22(9-13-29)23-10-16-30(17-11-23)25-5-4-24(20-32)28-18-25/h4-5,18,20-23H,6-17,19H2,1-3H3. The lowest BCUT2D eigenvalue weighted by molar-refractivity contribution is 0.0160. The number of hydrogen-bond acceptors (Lipinski definition) is 6. The van der Waals surface area contributed by atoms with Crippen LogP contribution < -0.4 is 4.90 Å². The summed E-state index contributed by atoms with van der Waals surface area (Å²) < 4.78 is 5.53. The van der Waals surface area contributed by atoms with Crippen LogP contribution in [0.25, 0.3) is 0 Å². The van der Waals surface area contributed by atoms with Crippen molar-refractivity contribution >= 4 is 18.1 Å². The van der Waals surface area contributed by atoms with Crippen LogP contribution >= 0.6 is 0 Å². The van der Waals surface area contributed by atoms with Crippen molar-refractivity contribution in [2.45, 2.75) is 64.9 Å². The van der Waals surface area contributed by atoms with Gasteiger partial charge in [0.2, 0.25) is 0 Å². The number of rotatable bonds is 5. The minimum absolute atomic E-state index is 0.160. The molecule has 3 aliphatic heterocycles. The number of pyridine rings is 1. The Labute approximate surface area is 204 Å². The van der Waals surface area contributed by atoms with E-state index >= 15 is 0 Å². The van der Waals surface area contributed by atoms with Crippen LogP contribution in [0.2, 0.25) is 0 Å². The monoisotopic (exact) mass is 470 g/mol. The predicted octanol–water partition coefficient (Wildman–Crippen LogP) is 4.47. The number of hydrogen-bond donors (Lipinski definition) is 0. The van der Waals surface area contributed by atoms with E-state index < -0.39 is 5.60 Å². The molecule has 1 aromatic rings. The summed E-state index contributed by atoms with van der Waals surface area (Å²) in [6.45, 7) is 13.2. The maximum absolute atomic E-state index is 12.3. The van der Waals surface area contributed by atoms with Gasteiger partial charge in [0.1, 0.15) is 11.3 Å². The second kappa shape index (κ2) is 11.1. The highest BCUT2D eigenvalue weighted by Gasteiger charge is 2.32. The largest absolute Gasteiger partial charge is 0.444 e. The Morgan fingerprint density at radius 2 is 1.59 bits per heavy atom. The topological polar surface area (TPSA) is 66.0 Å². The number of ether oxygens (including phenoxy) is 1. The van der Waals surface area contributed by atoms with E-state index in [9.17, 15) is 9.59 Å². The molecule has 0 N–H and O–H groups in total. The van der Waals surface area contributed by atoms with Crippen molar-refractivity contribution in [3.8, 4) is 0 Å². The highest BCUT2D eigenvalue weighted by atomic mass is 16.6. The Hall–Kier alpha value is -2.15. The van der Waals surface area contributed by atoms with E-state index in [0.717, 1.165) is 62.8 Å². The van der Waals surface area contributed by atoms with E-state index in [1.807, 2.05) is 44.0 Å². The molecule has 0 radical (unpaired) electrons. The minimum Gasteiger partial charge on any atom is -0.444 e. The first-order valence-corrected chi connectivity index (χ1v) is 13.2. The zero-order valence-corrected chi connectivity index (χ0v) is 21.2. The molecule has 34 heavy (non-hydrogen) atoms. The third-order valence-corrected chi connectivity index (χ3v) is 7.88. The van der Waals surface area contributed by atoms with Gasteiger partial charge >= 0.3 is 6.09 Å². The lowest BCUT2D eigenvalue weighted by Gasteiger charge is -2.42. The van der Waals surface area contributed by atoms with Crippen LogP contribution in [-0.4, -0.2) is 78.6 Å². The molecule has 1 aromatic heterocycles. The summed E-state index contributed by atoms with van der Waals surface area (Å²) in [6.07, 6.45) is 9.78. The van der Waals surface area contributed by atoms with Gasteiger partial charge in [0.05, 0.1) is 11.9 Å². The summed E-state index contributed by atoms with van der Waals surface area (Å²) in [4.78, 5) is 34.3. The van der Waals surface area contributed by atoms with Crippen molar-refractivity contribution in [1.29, 1.82) is 0 Å². The minimum atomic E-state index is -0.422. The molecule has 0 spiro atoms. The van der Waals surface area contributed by atoms with Crippen LogP contribution in [0.15, 0.2) is 18.3 Å². The normalized spacial score (nSPS) is 22.1. The highest BCUT2D eigenvalue weighted by Crippen LogP contribution is 2.34. The van der Waals surface area contributed by atoms with Gasteiger partial charge in [0.15, 0.2) is 6.29 Å². The maximum Gasteiger partial charge on any atom is 0.410 e. The molecular formula is C27H42N4O3. The van der Waals surface area contributed by atoms with E-state index in [1.54, 1.807) is 0 Å². The molecule has 1 amide bonds. The summed E-state index contributed by atoms with van der Waals surface area (Å²) in [5, 5.41) is 0. The Kier molecular flexibility index (Phi) is 8.12. The number of carbonyl (C=O) groups excluding carboxylic acids is 2. The molecule has 7 heteroatoms. The summed E-state index contributed by atoms with van der Waals surface area (Å²) in [6, 6.07) is 3.83. The van der Waals surface area contributed by atoms with Crippen molar-refractivity contribution in [1.82, 2.24) is 14.8 Å². The van der Waals surface area contributed by atoms with E-state index in [1.165, 1.54) is 45.3 Å². The fourth-order valence-electron chi connectivity index (χ4n) is 5.88. The van der Waals surface area contributed by atoms with Crippen molar-refractivity contribution in [2.75, 3.05) is 50.7 Å². The summed E-state index contributed by atoms with van der Waals surface area (Å²) in [5.74, 6) is 2.37. The summed E-state index contributed by atoms with van der Waals surface area (Å²) >= 11 is 0. The van der Waals surface area contributed by atoms with Gasteiger partial charge in [-0.2, -0.15) is 0 Å². The third-order valence-electron chi connectivity index (χ3n) is 7.88. The van der Waals surface area contributed by atoms with Crippen molar-refractivity contribution in [3.05, 3.63) is 24.0 Å². The van der Waals surface area contributed by atoms with Gasteiger partial charge in [-0.1, -0.05) is 0 Å². The van der Waals surface area contributed by atoms with Gasteiger partial charge in [0.25, 0.3) is 0 Å². The lowest BCUT2D eigenvalue weighted by Crippen LogP contribution is -2.45. The van der Waals surface area contributed by atoms with E-state index in [4.69, 9.17) is 4.74 Å². The molecule has 0 atom stereocenters. The fraction of sp³-hybridized carbons (Fsp3) is 0.741. The van der Waals surface area contributed by atoms with Crippen LogP contribution in [0.1, 0.15) is 69.8 Å². The summed E-state index contributed by atoms with van der Waals surface area (Å²) in [5.41, 5.74) is 1.21. The first-order chi connectivity index (χ1) is 16.3. The number of aromatic nitrogens is 1. The predicted molar refractivity (Wildman–Crippen MR) is 134 cm³/mol. The highest BCUT2D eigenvalue weighted by molar-refractivity contribution is 5.72. The molecule has 0 saturated carbocycles. The van der Waals surface area contributed by atoms with Gasteiger partial charge < -0.3 is 19.4 Å². The Balaban J connectivity index is 1.14. The van der Waals surface area contributed by atoms with Crippen LogP contribution in [0.3, 0.4) is 0 Å². The Morgan fingerprint density at radius 1 is 0.971 bits per heavy atom. The van der Waals surface area contributed by atoms with Crippen LogP contribution in [-0.2, 0) is 4.74 Å². The molecule has 4 rings (SSSR count). The van der Waals surface area contributed by atoms with Gasteiger partial charge in [-0.05, 0) is 102 Å². The van der Waals surface area contributed by atoms with Crippen LogP contribution in [0, 0.1) is 17.8 Å². The molecule has 7 nitrogen and oxygen atoms in total. The van der Waals surface area contributed by atoms with Crippen LogP contribution in [0.4, 0.5) is 10.5 Å². The maximum atomic E-state index is 12.3. The molecule has 3 aliphatic rings. The molecular weight excluding hydrogens is 428 g/mol. The molecule has 3 fully saturated rings. The number of nitrogens with zero attached hydrogens (tertiary/aromatic N) is 4. The van der Waals surface area contributed by atoms with Gasteiger partial charge in [-0.25, -0.2) is 4.79 Å². The first kappa shape index (κ1) is 25.0. The summed E-state index contributed by atoms with van der Waals surface area (Å²) in [7, 11) is 0. The Bertz CT molecular complexity index is 798. The van der Waals surface area contributed by atoms with E-state index in [2.05, 4.69) is 14.8 Å². The molecule has 0 bridgehead atoms. The van der Waals surface area contributed by atoms with E-state index in [0.29, 0.717) is 11.6 Å².